The Labute approximate surface area is 104 Å². The van der Waals surface area contributed by atoms with Gasteiger partial charge in [-0.1, -0.05) is 6.07 Å². The molecule has 86 valence electrons. The van der Waals surface area contributed by atoms with Gasteiger partial charge in [0.1, 0.15) is 0 Å². The fourth-order valence-corrected chi connectivity index (χ4v) is 2.21. The van der Waals surface area contributed by atoms with Gasteiger partial charge in [-0.2, -0.15) is 0 Å². The molecule has 1 heterocycles. The van der Waals surface area contributed by atoms with Crippen LogP contribution in [0.3, 0.4) is 0 Å². The van der Waals surface area contributed by atoms with Crippen LogP contribution in [0.4, 0.5) is 5.69 Å². The summed E-state index contributed by atoms with van der Waals surface area (Å²) in [6.07, 6.45) is 2.00. The van der Waals surface area contributed by atoms with Crippen LogP contribution in [0.5, 0.6) is 0 Å². The molecule has 1 saturated heterocycles. The van der Waals surface area contributed by atoms with Crippen LogP contribution in [-0.2, 0) is 4.79 Å². The fourth-order valence-electron chi connectivity index (χ4n) is 1.86. The van der Waals surface area contributed by atoms with Gasteiger partial charge in [-0.3, -0.25) is 4.79 Å². The summed E-state index contributed by atoms with van der Waals surface area (Å²) < 4.78 is 0.921. The molecule has 0 bridgehead atoms. The summed E-state index contributed by atoms with van der Waals surface area (Å²) in [6.45, 7) is 2.95. The van der Waals surface area contributed by atoms with Crippen LogP contribution in [0.1, 0.15) is 18.4 Å². The predicted molar refractivity (Wildman–Crippen MR) is 68.5 cm³/mol. The maximum atomic E-state index is 11.9. The standard InChI is InChI=1S/C12H15BrN2O/c1-8-4-5-9(13)11(7-8)15-12(16)10-3-2-6-14-10/h4-5,7,10,14H,2-3,6H2,1H3,(H,15,16). The lowest BCUT2D eigenvalue weighted by Crippen LogP contribution is -2.35. The van der Waals surface area contributed by atoms with Crippen LogP contribution in [0.2, 0.25) is 0 Å². The van der Waals surface area contributed by atoms with Crippen LogP contribution >= 0.6 is 15.9 Å². The van der Waals surface area contributed by atoms with Crippen LogP contribution in [0, 0.1) is 6.92 Å². The Morgan fingerprint density at radius 2 is 2.38 bits per heavy atom. The highest BCUT2D eigenvalue weighted by Gasteiger charge is 2.22. The average molecular weight is 283 g/mol. The van der Waals surface area contributed by atoms with Crippen LogP contribution in [-0.4, -0.2) is 18.5 Å². The third-order valence-electron chi connectivity index (χ3n) is 2.76. The highest BCUT2D eigenvalue weighted by atomic mass is 79.9. The van der Waals surface area contributed by atoms with E-state index in [4.69, 9.17) is 0 Å². The number of benzene rings is 1. The molecule has 0 spiro atoms. The molecule has 4 heteroatoms. The lowest BCUT2D eigenvalue weighted by atomic mass is 10.2. The lowest BCUT2D eigenvalue weighted by Gasteiger charge is -2.12. The van der Waals surface area contributed by atoms with Crippen molar-refractivity contribution in [2.45, 2.75) is 25.8 Å². The average Bonchev–Trinajstić information content (AvgIpc) is 2.76. The molecule has 1 amide bonds. The monoisotopic (exact) mass is 282 g/mol. The Balaban J connectivity index is 2.07. The maximum absolute atomic E-state index is 11.9. The van der Waals surface area contributed by atoms with Crippen molar-refractivity contribution < 1.29 is 4.79 Å². The van der Waals surface area contributed by atoms with Gasteiger partial charge in [0, 0.05) is 4.47 Å². The molecule has 16 heavy (non-hydrogen) atoms. The number of carbonyl (C=O) groups excluding carboxylic acids is 1. The second kappa shape index (κ2) is 4.97. The van der Waals surface area contributed by atoms with Crippen molar-refractivity contribution in [3.63, 3.8) is 0 Å². The number of halogens is 1. The molecule has 2 N–H and O–H groups in total. The number of carbonyl (C=O) groups is 1. The first kappa shape index (κ1) is 11.6. The summed E-state index contributed by atoms with van der Waals surface area (Å²) in [6, 6.07) is 5.89. The molecular formula is C12H15BrN2O. The van der Waals surface area contributed by atoms with Gasteiger partial charge in [-0.15, -0.1) is 0 Å². The normalized spacial score (nSPS) is 19.8. The van der Waals surface area contributed by atoms with Crippen LogP contribution in [0.25, 0.3) is 0 Å². The van der Waals surface area contributed by atoms with Gasteiger partial charge in [-0.05, 0) is 59.9 Å². The summed E-state index contributed by atoms with van der Waals surface area (Å²) in [4.78, 5) is 11.9. The number of hydrogen-bond acceptors (Lipinski definition) is 2. The van der Waals surface area contributed by atoms with Gasteiger partial charge < -0.3 is 10.6 Å². The summed E-state index contributed by atoms with van der Waals surface area (Å²) in [7, 11) is 0. The van der Waals surface area contributed by atoms with E-state index < -0.39 is 0 Å². The third-order valence-corrected chi connectivity index (χ3v) is 3.45. The zero-order valence-corrected chi connectivity index (χ0v) is 10.8. The molecule has 0 saturated carbocycles. The first-order valence-electron chi connectivity index (χ1n) is 5.47. The van der Waals surface area contributed by atoms with Gasteiger partial charge in [0.15, 0.2) is 0 Å². The van der Waals surface area contributed by atoms with Crippen molar-refractivity contribution >= 4 is 27.5 Å². The Bertz CT molecular complexity index is 400. The van der Waals surface area contributed by atoms with E-state index in [9.17, 15) is 4.79 Å². The molecule has 3 nitrogen and oxygen atoms in total. The number of nitrogens with one attached hydrogen (secondary N) is 2. The molecule has 1 aromatic rings. The van der Waals surface area contributed by atoms with Gasteiger partial charge in [0.05, 0.1) is 11.7 Å². The Morgan fingerprint density at radius 1 is 1.56 bits per heavy atom. The molecule has 1 aliphatic rings. The van der Waals surface area contributed by atoms with E-state index in [-0.39, 0.29) is 11.9 Å². The van der Waals surface area contributed by atoms with Crippen molar-refractivity contribution in [3.8, 4) is 0 Å². The van der Waals surface area contributed by atoms with E-state index in [1.165, 1.54) is 0 Å². The smallest absolute Gasteiger partial charge is 0.241 e. The first-order chi connectivity index (χ1) is 7.66. The molecule has 1 unspecified atom stereocenters. The number of anilines is 1. The van der Waals surface area contributed by atoms with Crippen molar-refractivity contribution in [1.82, 2.24) is 5.32 Å². The van der Waals surface area contributed by atoms with Gasteiger partial charge in [0.2, 0.25) is 5.91 Å². The summed E-state index contributed by atoms with van der Waals surface area (Å²) in [5.41, 5.74) is 1.98. The topological polar surface area (TPSA) is 41.1 Å². The quantitative estimate of drug-likeness (QED) is 0.875. The van der Waals surface area contributed by atoms with E-state index in [2.05, 4.69) is 26.6 Å². The zero-order chi connectivity index (χ0) is 11.5. The van der Waals surface area contributed by atoms with Crippen molar-refractivity contribution in [1.29, 1.82) is 0 Å². The van der Waals surface area contributed by atoms with Crippen LogP contribution < -0.4 is 10.6 Å². The highest BCUT2D eigenvalue weighted by Crippen LogP contribution is 2.23. The van der Waals surface area contributed by atoms with Gasteiger partial charge in [0.25, 0.3) is 0 Å². The molecule has 0 aromatic heterocycles. The van der Waals surface area contributed by atoms with E-state index in [1.807, 2.05) is 25.1 Å². The first-order valence-corrected chi connectivity index (χ1v) is 6.26. The summed E-state index contributed by atoms with van der Waals surface area (Å²) >= 11 is 3.43. The fraction of sp³-hybridized carbons (Fsp3) is 0.417. The van der Waals surface area contributed by atoms with Crippen molar-refractivity contribution in [2.75, 3.05) is 11.9 Å². The Morgan fingerprint density at radius 3 is 3.06 bits per heavy atom. The predicted octanol–water partition coefficient (Wildman–Crippen LogP) is 2.45. The second-order valence-electron chi connectivity index (χ2n) is 4.12. The Hall–Kier alpha value is -0.870. The van der Waals surface area contributed by atoms with E-state index in [1.54, 1.807) is 0 Å². The largest absolute Gasteiger partial charge is 0.324 e. The maximum Gasteiger partial charge on any atom is 0.241 e. The van der Waals surface area contributed by atoms with Crippen molar-refractivity contribution in [2.24, 2.45) is 0 Å². The third kappa shape index (κ3) is 2.62. The number of amides is 1. The summed E-state index contributed by atoms with van der Waals surface area (Å²) in [5, 5.41) is 6.13. The van der Waals surface area contributed by atoms with E-state index in [0.29, 0.717) is 0 Å². The molecule has 1 fully saturated rings. The number of aryl methyl sites for hydroxylation is 1. The highest BCUT2D eigenvalue weighted by molar-refractivity contribution is 9.10. The minimum Gasteiger partial charge on any atom is -0.324 e. The molecule has 0 aliphatic carbocycles. The number of hydrogen-bond donors (Lipinski definition) is 2. The van der Waals surface area contributed by atoms with E-state index in [0.717, 1.165) is 35.1 Å². The SMILES string of the molecule is Cc1ccc(Br)c(NC(=O)C2CCCN2)c1. The van der Waals surface area contributed by atoms with Gasteiger partial charge in [-0.25, -0.2) is 0 Å². The minimum absolute atomic E-state index is 0.0348. The minimum atomic E-state index is -0.0348. The molecule has 0 radical (unpaired) electrons. The molecule has 1 aliphatic heterocycles. The van der Waals surface area contributed by atoms with Crippen molar-refractivity contribution in [3.05, 3.63) is 28.2 Å². The molecule has 1 atom stereocenters. The zero-order valence-electron chi connectivity index (χ0n) is 9.22. The molecule has 2 rings (SSSR count). The van der Waals surface area contributed by atoms with Crippen LogP contribution in [0.15, 0.2) is 22.7 Å². The number of rotatable bonds is 2. The lowest BCUT2D eigenvalue weighted by molar-refractivity contribution is -0.117. The second-order valence-corrected chi connectivity index (χ2v) is 4.98. The Kier molecular flexibility index (Phi) is 3.61. The summed E-state index contributed by atoms with van der Waals surface area (Å²) in [5.74, 6) is 0.0591. The van der Waals surface area contributed by atoms with E-state index >= 15 is 0 Å². The molecule has 1 aromatic carbocycles. The van der Waals surface area contributed by atoms with Gasteiger partial charge >= 0.3 is 0 Å². The molecular weight excluding hydrogens is 268 g/mol.